The molecule has 0 aliphatic heterocycles. The van der Waals surface area contributed by atoms with Crippen molar-refractivity contribution in [3.63, 3.8) is 0 Å². The van der Waals surface area contributed by atoms with E-state index in [1.807, 2.05) is 25.1 Å². The first kappa shape index (κ1) is 15.4. The summed E-state index contributed by atoms with van der Waals surface area (Å²) in [7, 11) is 1.59. The number of methoxy groups -OCH3 is 1. The summed E-state index contributed by atoms with van der Waals surface area (Å²) >= 11 is 3.29. The molecule has 0 atom stereocenters. The number of hydrogen-bond donors (Lipinski definition) is 0. The maximum absolute atomic E-state index is 12.5. The fourth-order valence-corrected chi connectivity index (χ4v) is 2.32. The Morgan fingerprint density at radius 3 is 2.67 bits per heavy atom. The van der Waals surface area contributed by atoms with Crippen LogP contribution in [0.4, 0.5) is 8.78 Å². The smallest absolute Gasteiger partial charge is 0.251 e. The molecule has 1 aromatic rings. The molecule has 0 saturated carbocycles. The van der Waals surface area contributed by atoms with Crippen LogP contribution in [0.1, 0.15) is 11.1 Å². The SMILES string of the molecule is COc1ccc(C)cc1CN(CCBr)CC(F)F. The van der Waals surface area contributed by atoms with E-state index in [4.69, 9.17) is 4.74 Å². The zero-order valence-electron chi connectivity index (χ0n) is 10.6. The molecule has 1 aromatic carbocycles. The summed E-state index contributed by atoms with van der Waals surface area (Å²) in [5, 5.41) is 0.674. The first-order chi connectivity index (χ1) is 8.56. The standard InChI is InChI=1S/C13H18BrF2NO/c1-10-3-4-12(18-2)11(7-10)8-17(6-5-14)9-13(15)16/h3-4,7,13H,5-6,8-9H2,1-2H3. The average molecular weight is 322 g/mol. The number of hydrogen-bond acceptors (Lipinski definition) is 2. The van der Waals surface area contributed by atoms with E-state index in [0.717, 1.165) is 16.9 Å². The average Bonchev–Trinajstić information content (AvgIpc) is 2.28. The van der Waals surface area contributed by atoms with Gasteiger partial charge in [-0.05, 0) is 13.0 Å². The van der Waals surface area contributed by atoms with E-state index in [-0.39, 0.29) is 6.54 Å². The Kier molecular flexibility index (Phi) is 6.57. The molecule has 18 heavy (non-hydrogen) atoms. The summed E-state index contributed by atoms with van der Waals surface area (Å²) < 4.78 is 30.2. The minimum absolute atomic E-state index is 0.220. The van der Waals surface area contributed by atoms with Gasteiger partial charge in [0.1, 0.15) is 5.75 Å². The van der Waals surface area contributed by atoms with Gasteiger partial charge in [0, 0.05) is 24.0 Å². The summed E-state index contributed by atoms with van der Waals surface area (Å²) in [4.78, 5) is 1.72. The summed E-state index contributed by atoms with van der Waals surface area (Å²) in [5.74, 6) is 0.745. The summed E-state index contributed by atoms with van der Waals surface area (Å²) in [6.45, 7) is 2.82. The van der Waals surface area contributed by atoms with Crippen molar-refractivity contribution in [3.05, 3.63) is 29.3 Å². The fourth-order valence-electron chi connectivity index (χ4n) is 1.82. The highest BCUT2D eigenvalue weighted by Gasteiger charge is 2.14. The first-order valence-electron chi connectivity index (χ1n) is 5.76. The minimum atomic E-state index is -2.32. The Balaban J connectivity index is 2.81. The van der Waals surface area contributed by atoms with Gasteiger partial charge in [-0.25, -0.2) is 8.78 Å². The Morgan fingerprint density at radius 1 is 1.39 bits per heavy atom. The lowest BCUT2D eigenvalue weighted by Gasteiger charge is -2.22. The van der Waals surface area contributed by atoms with E-state index < -0.39 is 6.43 Å². The van der Waals surface area contributed by atoms with Gasteiger partial charge in [0.2, 0.25) is 0 Å². The van der Waals surface area contributed by atoms with Gasteiger partial charge in [0.05, 0.1) is 13.7 Å². The van der Waals surface area contributed by atoms with Crippen LogP contribution in [0.5, 0.6) is 5.75 Å². The third-order valence-electron chi connectivity index (χ3n) is 2.63. The van der Waals surface area contributed by atoms with E-state index in [1.54, 1.807) is 12.0 Å². The molecule has 0 spiro atoms. The Hall–Kier alpha value is -0.680. The van der Waals surface area contributed by atoms with Crippen molar-refractivity contribution in [1.29, 1.82) is 0 Å². The second-order valence-electron chi connectivity index (χ2n) is 4.13. The van der Waals surface area contributed by atoms with E-state index >= 15 is 0 Å². The van der Waals surface area contributed by atoms with Crippen LogP contribution in [-0.4, -0.2) is 36.9 Å². The number of alkyl halides is 3. The lowest BCUT2D eigenvalue weighted by atomic mass is 10.1. The van der Waals surface area contributed by atoms with Gasteiger partial charge in [0.15, 0.2) is 0 Å². The summed E-state index contributed by atoms with van der Waals surface area (Å²) in [5.41, 5.74) is 2.04. The number of halogens is 3. The monoisotopic (exact) mass is 321 g/mol. The molecule has 0 aliphatic rings. The second kappa shape index (κ2) is 7.69. The molecule has 0 unspecified atom stereocenters. The zero-order valence-corrected chi connectivity index (χ0v) is 12.2. The van der Waals surface area contributed by atoms with Gasteiger partial charge < -0.3 is 4.74 Å². The van der Waals surface area contributed by atoms with Gasteiger partial charge in [-0.2, -0.15) is 0 Å². The third-order valence-corrected chi connectivity index (χ3v) is 2.98. The van der Waals surface area contributed by atoms with Crippen LogP contribution in [0, 0.1) is 6.92 Å². The van der Waals surface area contributed by atoms with Crippen molar-refractivity contribution in [2.75, 3.05) is 25.5 Å². The number of benzene rings is 1. The summed E-state index contributed by atoms with van der Waals surface area (Å²) in [6.07, 6.45) is -2.32. The molecular formula is C13H18BrF2NO. The van der Waals surface area contributed by atoms with Crippen molar-refractivity contribution in [1.82, 2.24) is 4.90 Å². The normalized spacial score (nSPS) is 11.3. The summed E-state index contributed by atoms with van der Waals surface area (Å²) in [6, 6.07) is 5.80. The molecule has 0 radical (unpaired) electrons. The van der Waals surface area contributed by atoms with E-state index in [2.05, 4.69) is 15.9 Å². The highest BCUT2D eigenvalue weighted by atomic mass is 79.9. The van der Waals surface area contributed by atoms with E-state index in [1.165, 1.54) is 0 Å². The predicted molar refractivity (Wildman–Crippen MR) is 72.8 cm³/mol. The van der Waals surface area contributed by atoms with Crippen LogP contribution >= 0.6 is 15.9 Å². The van der Waals surface area contributed by atoms with Gasteiger partial charge >= 0.3 is 0 Å². The lowest BCUT2D eigenvalue weighted by Crippen LogP contribution is -2.30. The van der Waals surface area contributed by atoms with Gasteiger partial charge in [-0.15, -0.1) is 0 Å². The van der Waals surface area contributed by atoms with Crippen molar-refractivity contribution in [2.24, 2.45) is 0 Å². The Bertz CT molecular complexity index is 374. The number of aryl methyl sites for hydroxylation is 1. The van der Waals surface area contributed by atoms with Crippen LogP contribution < -0.4 is 4.74 Å². The second-order valence-corrected chi connectivity index (χ2v) is 4.92. The van der Waals surface area contributed by atoms with Crippen LogP contribution in [0.2, 0.25) is 0 Å². The molecule has 1 rings (SSSR count). The van der Waals surface area contributed by atoms with Crippen molar-refractivity contribution < 1.29 is 13.5 Å². The molecule has 5 heteroatoms. The quantitative estimate of drug-likeness (QED) is 0.713. The van der Waals surface area contributed by atoms with Gasteiger partial charge in [-0.3, -0.25) is 4.90 Å². The van der Waals surface area contributed by atoms with Crippen LogP contribution in [0.15, 0.2) is 18.2 Å². The van der Waals surface area contributed by atoms with Crippen molar-refractivity contribution >= 4 is 15.9 Å². The molecule has 0 aromatic heterocycles. The van der Waals surface area contributed by atoms with Crippen LogP contribution in [0.25, 0.3) is 0 Å². The topological polar surface area (TPSA) is 12.5 Å². The molecule has 0 saturated heterocycles. The van der Waals surface area contributed by atoms with Crippen molar-refractivity contribution in [3.8, 4) is 5.75 Å². The molecule has 0 fully saturated rings. The lowest BCUT2D eigenvalue weighted by molar-refractivity contribution is 0.0877. The van der Waals surface area contributed by atoms with E-state index in [9.17, 15) is 8.78 Å². The van der Waals surface area contributed by atoms with Crippen molar-refractivity contribution in [2.45, 2.75) is 19.9 Å². The Labute approximate surface area is 115 Å². The highest BCUT2D eigenvalue weighted by molar-refractivity contribution is 9.09. The number of ether oxygens (including phenoxy) is 1. The molecule has 2 nitrogen and oxygen atoms in total. The maximum Gasteiger partial charge on any atom is 0.251 e. The molecule has 0 bridgehead atoms. The molecule has 0 amide bonds. The van der Waals surface area contributed by atoms with Gasteiger partial charge in [0.25, 0.3) is 6.43 Å². The minimum Gasteiger partial charge on any atom is -0.496 e. The maximum atomic E-state index is 12.5. The number of rotatable bonds is 7. The first-order valence-corrected chi connectivity index (χ1v) is 6.89. The fraction of sp³-hybridized carbons (Fsp3) is 0.538. The van der Waals surface area contributed by atoms with Crippen LogP contribution in [-0.2, 0) is 6.54 Å². The van der Waals surface area contributed by atoms with Gasteiger partial charge in [-0.1, -0.05) is 33.6 Å². The predicted octanol–water partition coefficient (Wildman–Crippen LogP) is 3.47. The molecule has 0 N–H and O–H groups in total. The molecule has 0 heterocycles. The highest BCUT2D eigenvalue weighted by Crippen LogP contribution is 2.21. The zero-order chi connectivity index (χ0) is 13.5. The number of nitrogens with zero attached hydrogens (tertiary/aromatic N) is 1. The van der Waals surface area contributed by atoms with Crippen LogP contribution in [0.3, 0.4) is 0 Å². The molecule has 102 valence electrons. The van der Waals surface area contributed by atoms with E-state index in [0.29, 0.717) is 18.4 Å². The Morgan fingerprint density at radius 2 is 2.11 bits per heavy atom. The largest absolute Gasteiger partial charge is 0.496 e. The molecular weight excluding hydrogens is 304 g/mol. The molecule has 0 aliphatic carbocycles. The third kappa shape index (κ3) is 4.90.